The highest BCUT2D eigenvalue weighted by Crippen LogP contribution is 2.68. The van der Waals surface area contributed by atoms with Crippen molar-refractivity contribution in [2.24, 2.45) is 15.7 Å². The molecule has 0 aromatic carbocycles. The van der Waals surface area contributed by atoms with Crippen molar-refractivity contribution in [3.8, 4) is 0 Å². The predicted molar refractivity (Wildman–Crippen MR) is 63.1 cm³/mol. The van der Waals surface area contributed by atoms with Crippen molar-refractivity contribution in [3.05, 3.63) is 11.8 Å². The van der Waals surface area contributed by atoms with Crippen LogP contribution < -0.4 is 5.73 Å². The molecule has 0 unspecified atom stereocenters. The van der Waals surface area contributed by atoms with Gasteiger partial charge in [-0.3, -0.25) is 19.1 Å². The van der Waals surface area contributed by atoms with Gasteiger partial charge in [0.1, 0.15) is 0 Å². The summed E-state index contributed by atoms with van der Waals surface area (Å²) in [5.74, 6) is 0. The molecule has 0 aromatic heterocycles. The molecule has 0 aliphatic heterocycles. The van der Waals surface area contributed by atoms with E-state index in [-0.39, 0.29) is 0 Å². The van der Waals surface area contributed by atoms with Gasteiger partial charge in [0.05, 0.1) is 0 Å². The van der Waals surface area contributed by atoms with Crippen LogP contribution in [0.3, 0.4) is 0 Å². The van der Waals surface area contributed by atoms with Gasteiger partial charge in [0, 0.05) is 25.0 Å². The third-order valence-electron chi connectivity index (χ3n) is 1.81. The first-order valence-corrected chi connectivity index (χ1v) is 7.23. The van der Waals surface area contributed by atoms with Gasteiger partial charge in [0.25, 0.3) is 0 Å². The molecule has 11 heteroatoms. The number of hydrogen-bond acceptors (Lipinski definition) is 5. The van der Waals surface area contributed by atoms with Crippen LogP contribution in [0, 0.1) is 0 Å². The van der Waals surface area contributed by atoms with Crippen molar-refractivity contribution < 1.29 is 28.7 Å². The van der Waals surface area contributed by atoms with Gasteiger partial charge in [0.15, 0.2) is 0 Å². The molecule has 6 N–H and O–H groups in total. The van der Waals surface area contributed by atoms with Crippen LogP contribution in [0.15, 0.2) is 21.8 Å². The summed E-state index contributed by atoms with van der Waals surface area (Å²) >= 11 is 0. The van der Waals surface area contributed by atoms with Gasteiger partial charge >= 0.3 is 15.2 Å². The zero-order valence-corrected chi connectivity index (χ0v) is 10.6. The van der Waals surface area contributed by atoms with E-state index in [1.807, 2.05) is 0 Å². The lowest BCUT2D eigenvalue weighted by molar-refractivity contribution is 0.321. The highest BCUT2D eigenvalue weighted by Gasteiger charge is 2.59. The summed E-state index contributed by atoms with van der Waals surface area (Å²) in [5.41, 5.74) is 4.58. The summed E-state index contributed by atoms with van der Waals surface area (Å²) in [7, 11) is -9.48. The number of hydrogen-bond donors (Lipinski definition) is 5. The van der Waals surface area contributed by atoms with E-state index in [0.29, 0.717) is 0 Å². The lowest BCUT2D eigenvalue weighted by Gasteiger charge is -2.30. The van der Waals surface area contributed by atoms with Crippen molar-refractivity contribution in [1.29, 1.82) is 0 Å². The molecule has 17 heavy (non-hydrogen) atoms. The minimum Gasteiger partial charge on any atom is -0.322 e. The number of rotatable bonds is 5. The first kappa shape index (κ1) is 16.3. The van der Waals surface area contributed by atoms with Crippen LogP contribution in [0.1, 0.15) is 0 Å². The minimum atomic E-state index is -5.36. The fourth-order valence-electron chi connectivity index (χ4n) is 0.967. The van der Waals surface area contributed by atoms with Crippen molar-refractivity contribution in [2.75, 3.05) is 7.05 Å². The third kappa shape index (κ3) is 3.17. The zero-order chi connectivity index (χ0) is 13.9. The molecule has 0 amide bonds. The minimum absolute atomic E-state index is 0.614. The molecule has 0 rings (SSSR count). The highest BCUT2D eigenvalue weighted by molar-refractivity contribution is 7.72. The molecule has 98 valence electrons. The van der Waals surface area contributed by atoms with Gasteiger partial charge in [-0.1, -0.05) is 0 Å². The van der Waals surface area contributed by atoms with E-state index in [1.165, 1.54) is 7.05 Å². The summed E-state index contributed by atoms with van der Waals surface area (Å²) in [6, 6.07) is 0. The summed E-state index contributed by atoms with van der Waals surface area (Å²) in [5, 5.41) is -3.19. The topological polar surface area (TPSA) is 166 Å². The summed E-state index contributed by atoms with van der Waals surface area (Å²) in [4.78, 5) is 42.7. The molecular weight excluding hydrogens is 272 g/mol. The molecule has 9 nitrogen and oxygen atoms in total. The fourth-order valence-corrected chi connectivity index (χ4v) is 3.23. The van der Waals surface area contributed by atoms with Gasteiger partial charge in [-0.25, -0.2) is 0 Å². The van der Waals surface area contributed by atoms with Crippen molar-refractivity contribution >= 4 is 28.1 Å². The normalized spacial score (nSPS) is 15.3. The SMILES string of the molecule is C=NC=C(C=NC)C(N)(P(=O)(O)O)P(=O)(O)O. The largest absolute Gasteiger partial charge is 0.362 e. The van der Waals surface area contributed by atoms with E-state index < -0.39 is 25.8 Å². The van der Waals surface area contributed by atoms with E-state index in [9.17, 15) is 9.13 Å². The van der Waals surface area contributed by atoms with Crippen molar-refractivity contribution in [1.82, 2.24) is 0 Å². The van der Waals surface area contributed by atoms with E-state index in [1.54, 1.807) is 0 Å². The second-order valence-electron chi connectivity index (χ2n) is 2.97. The molecule has 0 atom stereocenters. The Balaban J connectivity index is 6.16. The van der Waals surface area contributed by atoms with Crippen LogP contribution in [-0.4, -0.2) is 44.6 Å². The van der Waals surface area contributed by atoms with Crippen molar-refractivity contribution in [3.63, 3.8) is 0 Å². The summed E-state index contributed by atoms with van der Waals surface area (Å²) < 4.78 is 22.4. The molecule has 0 heterocycles. The Bertz CT molecular complexity index is 425. The molecule has 0 bridgehead atoms. The van der Waals surface area contributed by atoms with Crippen LogP contribution in [-0.2, 0) is 9.13 Å². The molecule has 0 spiro atoms. The lowest BCUT2D eigenvalue weighted by atomic mass is 10.3. The van der Waals surface area contributed by atoms with Crippen LogP contribution in [0.5, 0.6) is 0 Å². The molecule has 0 saturated heterocycles. The van der Waals surface area contributed by atoms with Gasteiger partial charge < -0.3 is 25.3 Å². The molecule has 0 aliphatic carbocycles. The van der Waals surface area contributed by atoms with E-state index >= 15 is 0 Å². The van der Waals surface area contributed by atoms with Crippen LogP contribution >= 0.6 is 15.2 Å². The Morgan fingerprint density at radius 2 is 1.71 bits per heavy atom. The van der Waals surface area contributed by atoms with E-state index in [0.717, 1.165) is 12.4 Å². The quantitative estimate of drug-likeness (QED) is 0.327. The average Bonchev–Trinajstić information content (AvgIpc) is 2.12. The van der Waals surface area contributed by atoms with Gasteiger partial charge in [-0.05, 0) is 6.72 Å². The molecule has 0 aromatic rings. The Morgan fingerprint density at radius 1 is 1.29 bits per heavy atom. The average molecular weight is 285 g/mol. The first-order chi connectivity index (χ1) is 7.52. The molecule has 0 saturated carbocycles. The van der Waals surface area contributed by atoms with Gasteiger partial charge in [-0.15, -0.1) is 0 Å². The van der Waals surface area contributed by atoms with Crippen LogP contribution in [0.2, 0.25) is 0 Å². The molecule has 0 aliphatic rings. The van der Waals surface area contributed by atoms with Crippen molar-refractivity contribution in [2.45, 2.75) is 5.02 Å². The molecular formula is C6H13N3O6P2. The Morgan fingerprint density at radius 3 is 1.94 bits per heavy atom. The maximum atomic E-state index is 11.2. The second-order valence-corrected chi connectivity index (χ2v) is 6.91. The lowest BCUT2D eigenvalue weighted by Crippen LogP contribution is -2.41. The van der Waals surface area contributed by atoms with Crippen LogP contribution in [0.4, 0.5) is 0 Å². The zero-order valence-electron chi connectivity index (χ0n) is 8.83. The van der Waals surface area contributed by atoms with E-state index in [2.05, 4.69) is 16.7 Å². The Labute approximate surface area is 97.1 Å². The molecule has 0 fully saturated rings. The van der Waals surface area contributed by atoms with Gasteiger partial charge in [-0.2, -0.15) is 0 Å². The summed E-state index contributed by atoms with van der Waals surface area (Å²) in [6.45, 7) is 3.01. The monoisotopic (exact) mass is 285 g/mol. The summed E-state index contributed by atoms with van der Waals surface area (Å²) in [6.07, 6.45) is 1.53. The molecule has 0 radical (unpaired) electrons. The van der Waals surface area contributed by atoms with Crippen LogP contribution in [0.25, 0.3) is 0 Å². The Hall–Kier alpha value is -0.660. The number of nitrogens with two attached hydrogens (primary N) is 1. The standard InChI is InChI=1S/C6H13N3O6P2/c1-8-3-5(4-9-2)6(7,16(10,11)12)17(13,14)15/h3-4H,1,7H2,2H3,(H2,10,11,12)(H2,13,14,15). The number of aliphatic imine (C=N–C) groups is 2. The third-order valence-corrected chi connectivity index (χ3v) is 5.67. The fraction of sp³-hybridized carbons (Fsp3) is 0.333. The second kappa shape index (κ2) is 5.32. The highest BCUT2D eigenvalue weighted by atomic mass is 31.2. The smallest absolute Gasteiger partial charge is 0.322 e. The van der Waals surface area contributed by atoms with Gasteiger partial charge in [0.2, 0.25) is 5.02 Å². The first-order valence-electron chi connectivity index (χ1n) is 4.01. The Kier molecular flexibility index (Phi) is 5.12. The number of nitrogens with zero attached hydrogens (tertiary/aromatic N) is 2. The maximum Gasteiger partial charge on any atom is 0.362 e. The maximum absolute atomic E-state index is 11.2. The van der Waals surface area contributed by atoms with E-state index in [4.69, 9.17) is 25.3 Å². The predicted octanol–water partition coefficient (Wildman–Crippen LogP) is -0.761.